The zero-order valence-electron chi connectivity index (χ0n) is 7.53. The Hall–Kier alpha value is -1.37. The van der Waals surface area contributed by atoms with Gasteiger partial charge in [0.15, 0.2) is 5.78 Å². The number of ketones is 1. The molecule has 0 amide bonds. The Bertz CT molecular complexity index is 346. The predicted molar refractivity (Wildman–Crippen MR) is 52.4 cm³/mol. The number of hydrogen-bond acceptors (Lipinski definition) is 1. The summed E-state index contributed by atoms with van der Waals surface area (Å²) >= 11 is 0. The summed E-state index contributed by atoms with van der Waals surface area (Å²) in [6, 6.07) is 7.71. The Kier molecular flexibility index (Phi) is 2.01. The second-order valence-corrected chi connectivity index (χ2v) is 3.33. The molecule has 1 unspecified atom stereocenters. The van der Waals surface area contributed by atoms with E-state index in [1.54, 1.807) is 0 Å². The average Bonchev–Trinajstić information content (AvgIpc) is 2.02. The number of aryl methyl sites for hydroxylation is 1. The Morgan fingerprint density at radius 1 is 1.23 bits per heavy atom. The quantitative estimate of drug-likeness (QED) is 0.625. The lowest BCUT2D eigenvalue weighted by atomic mass is 9.87. The van der Waals surface area contributed by atoms with Crippen molar-refractivity contribution in [3.63, 3.8) is 0 Å². The summed E-state index contributed by atoms with van der Waals surface area (Å²) < 4.78 is 0. The van der Waals surface area contributed by atoms with E-state index in [1.807, 2.05) is 49.8 Å². The molecule has 0 fully saturated rings. The predicted octanol–water partition coefficient (Wildman–Crippen LogP) is 2.57. The van der Waals surface area contributed by atoms with Gasteiger partial charge in [-0.05, 0) is 13.3 Å². The smallest absolute Gasteiger partial charge is 0.170 e. The monoisotopic (exact) mass is 171 g/mol. The summed E-state index contributed by atoms with van der Waals surface area (Å²) in [5, 5.41) is 0. The van der Waals surface area contributed by atoms with E-state index in [-0.39, 0.29) is 11.7 Å². The third-order valence-electron chi connectivity index (χ3n) is 2.28. The highest BCUT2D eigenvalue weighted by Crippen LogP contribution is 2.20. The van der Waals surface area contributed by atoms with E-state index >= 15 is 0 Å². The zero-order valence-corrected chi connectivity index (χ0v) is 7.53. The Labute approximate surface area is 78.1 Å². The van der Waals surface area contributed by atoms with E-state index in [4.69, 9.17) is 0 Å². The Morgan fingerprint density at radius 3 is 2.31 bits per heavy atom. The van der Waals surface area contributed by atoms with Gasteiger partial charge in [0, 0.05) is 11.5 Å². The fourth-order valence-electron chi connectivity index (χ4n) is 1.31. The molecule has 1 aliphatic carbocycles. The zero-order chi connectivity index (χ0) is 9.26. The first-order chi connectivity index (χ1) is 6.27. The van der Waals surface area contributed by atoms with Gasteiger partial charge in [-0.2, -0.15) is 0 Å². The van der Waals surface area contributed by atoms with Gasteiger partial charge in [0.2, 0.25) is 0 Å². The summed E-state index contributed by atoms with van der Waals surface area (Å²) in [7, 11) is 0. The molecular weight excluding hydrogens is 160 g/mol. The summed E-state index contributed by atoms with van der Waals surface area (Å²) in [6.45, 7) is 2.02. The molecule has 0 heterocycles. The average molecular weight is 171 g/mol. The number of Topliss-reactive ketones (excluding diaryl/α,β-unsaturated/α-hetero) is 1. The topological polar surface area (TPSA) is 17.1 Å². The van der Waals surface area contributed by atoms with Gasteiger partial charge in [-0.1, -0.05) is 42.0 Å². The molecule has 0 aromatic heterocycles. The highest BCUT2D eigenvalue weighted by Gasteiger charge is 2.20. The minimum Gasteiger partial charge on any atom is -0.293 e. The largest absolute Gasteiger partial charge is 0.293 e. The van der Waals surface area contributed by atoms with Gasteiger partial charge in [-0.25, -0.2) is 0 Å². The molecular formula is C12H11O. The molecule has 0 saturated heterocycles. The standard InChI is InChI=1S/C12H11O/c1-9-5-7-11(8-6-9)12(13)10-3-2-4-10/h2-8,10H,1H3. The van der Waals surface area contributed by atoms with E-state index < -0.39 is 0 Å². The SMILES string of the molecule is Cc1ccc(C(=O)C2[CH]C=C2)cc1. The summed E-state index contributed by atoms with van der Waals surface area (Å²) in [6.07, 6.45) is 5.75. The van der Waals surface area contributed by atoms with Crippen LogP contribution in [-0.4, -0.2) is 5.78 Å². The van der Waals surface area contributed by atoms with Gasteiger partial charge in [-0.3, -0.25) is 4.79 Å². The molecule has 13 heavy (non-hydrogen) atoms. The molecule has 1 radical (unpaired) electrons. The molecule has 2 rings (SSSR count). The minimum atomic E-state index is 0.0164. The highest BCUT2D eigenvalue weighted by atomic mass is 16.1. The fourth-order valence-corrected chi connectivity index (χ4v) is 1.31. The maximum absolute atomic E-state index is 11.7. The van der Waals surface area contributed by atoms with Crippen LogP contribution >= 0.6 is 0 Å². The lowest BCUT2D eigenvalue weighted by Crippen LogP contribution is -2.17. The van der Waals surface area contributed by atoms with Gasteiger partial charge >= 0.3 is 0 Å². The van der Waals surface area contributed by atoms with Crippen LogP contribution in [0.3, 0.4) is 0 Å². The van der Waals surface area contributed by atoms with Crippen LogP contribution in [0.1, 0.15) is 15.9 Å². The second-order valence-electron chi connectivity index (χ2n) is 3.33. The molecule has 0 saturated carbocycles. The molecule has 0 aliphatic heterocycles. The number of benzene rings is 1. The number of rotatable bonds is 2. The molecule has 0 spiro atoms. The van der Waals surface area contributed by atoms with Crippen molar-refractivity contribution < 1.29 is 4.79 Å². The van der Waals surface area contributed by atoms with Crippen molar-refractivity contribution in [2.45, 2.75) is 6.92 Å². The third kappa shape index (κ3) is 1.55. The first kappa shape index (κ1) is 8.24. The van der Waals surface area contributed by atoms with Crippen molar-refractivity contribution in [3.8, 4) is 0 Å². The first-order valence-electron chi connectivity index (χ1n) is 4.40. The van der Waals surface area contributed by atoms with Crippen LogP contribution in [0.4, 0.5) is 0 Å². The van der Waals surface area contributed by atoms with E-state index in [0.717, 1.165) is 5.56 Å². The normalized spacial score (nSPS) is 19.6. The molecule has 0 bridgehead atoms. The van der Waals surface area contributed by atoms with E-state index in [1.165, 1.54) is 5.56 Å². The molecule has 1 atom stereocenters. The molecule has 65 valence electrons. The number of allylic oxidation sites excluding steroid dienone is 2. The molecule has 1 aliphatic rings. The van der Waals surface area contributed by atoms with Crippen molar-refractivity contribution in [1.29, 1.82) is 0 Å². The van der Waals surface area contributed by atoms with Gasteiger partial charge in [-0.15, -0.1) is 0 Å². The van der Waals surface area contributed by atoms with Crippen LogP contribution in [0.25, 0.3) is 0 Å². The highest BCUT2D eigenvalue weighted by molar-refractivity contribution is 6.00. The minimum absolute atomic E-state index is 0.0164. The molecule has 1 nitrogen and oxygen atoms in total. The van der Waals surface area contributed by atoms with Crippen molar-refractivity contribution in [2.24, 2.45) is 5.92 Å². The van der Waals surface area contributed by atoms with Gasteiger partial charge in [0.05, 0.1) is 0 Å². The van der Waals surface area contributed by atoms with Crippen LogP contribution < -0.4 is 0 Å². The Balaban J connectivity index is 2.20. The summed E-state index contributed by atoms with van der Waals surface area (Å²) in [5.74, 6) is 0.213. The van der Waals surface area contributed by atoms with Crippen LogP contribution in [0.5, 0.6) is 0 Å². The van der Waals surface area contributed by atoms with Gasteiger partial charge < -0.3 is 0 Å². The molecule has 1 heteroatoms. The summed E-state index contributed by atoms with van der Waals surface area (Å²) in [4.78, 5) is 11.7. The number of carbonyl (C=O) groups is 1. The van der Waals surface area contributed by atoms with E-state index in [9.17, 15) is 4.79 Å². The summed E-state index contributed by atoms with van der Waals surface area (Å²) in [5.41, 5.74) is 1.99. The molecule has 0 N–H and O–H groups in total. The van der Waals surface area contributed by atoms with Gasteiger partial charge in [0.1, 0.15) is 0 Å². The van der Waals surface area contributed by atoms with Crippen molar-refractivity contribution in [2.75, 3.05) is 0 Å². The first-order valence-corrected chi connectivity index (χ1v) is 4.40. The lowest BCUT2D eigenvalue weighted by molar-refractivity contribution is 0.0955. The fraction of sp³-hybridized carbons (Fsp3) is 0.167. The van der Waals surface area contributed by atoms with Crippen molar-refractivity contribution >= 4 is 5.78 Å². The molecule has 1 aromatic carbocycles. The maximum atomic E-state index is 11.7. The van der Waals surface area contributed by atoms with E-state index in [0.29, 0.717) is 0 Å². The number of carbonyl (C=O) groups excluding carboxylic acids is 1. The van der Waals surface area contributed by atoms with E-state index in [2.05, 4.69) is 0 Å². The van der Waals surface area contributed by atoms with Gasteiger partial charge in [0.25, 0.3) is 0 Å². The molecule has 1 aromatic rings. The lowest BCUT2D eigenvalue weighted by Gasteiger charge is -2.15. The van der Waals surface area contributed by atoms with Crippen molar-refractivity contribution in [3.05, 3.63) is 54.0 Å². The van der Waals surface area contributed by atoms with Crippen molar-refractivity contribution in [1.82, 2.24) is 0 Å². The van der Waals surface area contributed by atoms with Crippen LogP contribution in [0, 0.1) is 19.3 Å². The third-order valence-corrected chi connectivity index (χ3v) is 2.28. The number of hydrogen-bond donors (Lipinski definition) is 0. The van der Waals surface area contributed by atoms with Crippen LogP contribution in [0.15, 0.2) is 36.4 Å². The van der Waals surface area contributed by atoms with Crippen LogP contribution in [0.2, 0.25) is 0 Å². The Morgan fingerprint density at radius 2 is 1.85 bits per heavy atom. The second kappa shape index (κ2) is 3.17. The maximum Gasteiger partial charge on any atom is 0.170 e. The van der Waals surface area contributed by atoms with Crippen LogP contribution in [-0.2, 0) is 0 Å².